The Bertz CT molecular complexity index is 487. The van der Waals surface area contributed by atoms with Crippen molar-refractivity contribution in [3.05, 3.63) is 29.8 Å². The quantitative estimate of drug-likeness (QED) is 0.623. The Kier molecular flexibility index (Phi) is 7.09. The average molecular weight is 304 g/mol. The van der Waals surface area contributed by atoms with Crippen LogP contribution in [-0.2, 0) is 15.0 Å². The lowest BCUT2D eigenvalue weighted by Gasteiger charge is -2.19. The van der Waals surface area contributed by atoms with Gasteiger partial charge in [0.05, 0.1) is 0 Å². The van der Waals surface area contributed by atoms with Crippen LogP contribution in [0.3, 0.4) is 0 Å². The molecule has 22 heavy (non-hydrogen) atoms. The third-order valence-electron chi connectivity index (χ3n) is 3.53. The van der Waals surface area contributed by atoms with Crippen molar-refractivity contribution < 1.29 is 9.59 Å². The van der Waals surface area contributed by atoms with Crippen molar-refractivity contribution in [2.75, 3.05) is 11.9 Å². The molecule has 0 aliphatic rings. The molecule has 0 radical (unpaired) electrons. The zero-order valence-corrected chi connectivity index (χ0v) is 14.2. The highest BCUT2D eigenvalue weighted by Gasteiger charge is 2.15. The van der Waals surface area contributed by atoms with Crippen molar-refractivity contribution in [2.45, 2.75) is 58.8 Å². The van der Waals surface area contributed by atoms with Crippen molar-refractivity contribution in [1.82, 2.24) is 5.32 Å². The molecule has 122 valence electrons. The third-order valence-corrected chi connectivity index (χ3v) is 3.53. The molecule has 1 aromatic carbocycles. The summed E-state index contributed by atoms with van der Waals surface area (Å²) in [5.41, 5.74) is 1.89. The Balaban J connectivity index is 2.42. The molecular weight excluding hydrogens is 276 g/mol. The first kappa shape index (κ1) is 18.2. The van der Waals surface area contributed by atoms with Gasteiger partial charge in [-0.1, -0.05) is 59.1 Å². The van der Waals surface area contributed by atoms with Gasteiger partial charge < -0.3 is 10.6 Å². The molecule has 0 unspecified atom stereocenters. The fourth-order valence-electron chi connectivity index (χ4n) is 2.08. The summed E-state index contributed by atoms with van der Waals surface area (Å²) >= 11 is 0. The van der Waals surface area contributed by atoms with Crippen LogP contribution in [0.4, 0.5) is 5.69 Å². The fraction of sp³-hybridized carbons (Fsp3) is 0.556. The number of hydrogen-bond donors (Lipinski definition) is 2. The molecule has 4 nitrogen and oxygen atoms in total. The first-order valence-electron chi connectivity index (χ1n) is 8.04. The number of anilines is 1. The SMILES string of the molecule is CCCCCCNC(=O)C(=O)Nc1ccc(C(C)(C)C)cc1. The summed E-state index contributed by atoms with van der Waals surface area (Å²) in [4.78, 5) is 23.5. The molecule has 2 N–H and O–H groups in total. The number of carbonyl (C=O) groups excluding carboxylic acids is 2. The molecule has 0 atom stereocenters. The molecule has 1 rings (SSSR count). The maximum atomic E-state index is 11.8. The number of carbonyl (C=O) groups is 2. The molecule has 0 bridgehead atoms. The normalized spacial score (nSPS) is 11.1. The van der Waals surface area contributed by atoms with E-state index in [0.717, 1.165) is 25.7 Å². The van der Waals surface area contributed by atoms with Gasteiger partial charge >= 0.3 is 11.8 Å². The number of nitrogens with one attached hydrogen (secondary N) is 2. The second kappa shape index (κ2) is 8.57. The predicted octanol–water partition coefficient (Wildman–Crippen LogP) is 3.62. The second-order valence-electron chi connectivity index (χ2n) is 6.60. The van der Waals surface area contributed by atoms with Crippen LogP contribution in [0.25, 0.3) is 0 Å². The molecule has 4 heteroatoms. The molecule has 0 fully saturated rings. The molecule has 0 saturated carbocycles. The van der Waals surface area contributed by atoms with Gasteiger partial charge in [-0.3, -0.25) is 9.59 Å². The van der Waals surface area contributed by atoms with Gasteiger partial charge in [0.25, 0.3) is 0 Å². The molecule has 0 heterocycles. The lowest BCUT2D eigenvalue weighted by Crippen LogP contribution is -2.35. The summed E-state index contributed by atoms with van der Waals surface area (Å²) in [6, 6.07) is 7.59. The molecule has 0 saturated heterocycles. The van der Waals surface area contributed by atoms with Crippen LogP contribution >= 0.6 is 0 Å². The predicted molar refractivity (Wildman–Crippen MR) is 90.9 cm³/mol. The first-order chi connectivity index (χ1) is 10.3. The smallest absolute Gasteiger partial charge is 0.313 e. The number of rotatable bonds is 6. The van der Waals surface area contributed by atoms with Gasteiger partial charge in [-0.25, -0.2) is 0 Å². The minimum absolute atomic E-state index is 0.0679. The van der Waals surface area contributed by atoms with Crippen LogP contribution in [0.1, 0.15) is 58.9 Å². The van der Waals surface area contributed by atoms with E-state index < -0.39 is 11.8 Å². The van der Waals surface area contributed by atoms with Crippen molar-refractivity contribution in [1.29, 1.82) is 0 Å². The maximum absolute atomic E-state index is 11.8. The molecular formula is C18H28N2O2. The van der Waals surface area contributed by atoms with Crippen LogP contribution in [0, 0.1) is 0 Å². The Morgan fingerprint density at radius 3 is 2.14 bits per heavy atom. The van der Waals surface area contributed by atoms with E-state index in [4.69, 9.17) is 0 Å². The standard InChI is InChI=1S/C18H28N2O2/c1-5-6-7-8-13-19-16(21)17(22)20-15-11-9-14(10-12-15)18(2,3)4/h9-12H,5-8,13H2,1-4H3,(H,19,21)(H,20,22). The number of benzene rings is 1. The lowest BCUT2D eigenvalue weighted by atomic mass is 9.87. The van der Waals surface area contributed by atoms with Gasteiger partial charge in [-0.15, -0.1) is 0 Å². The van der Waals surface area contributed by atoms with E-state index in [2.05, 4.69) is 38.3 Å². The Morgan fingerprint density at radius 2 is 1.59 bits per heavy atom. The van der Waals surface area contributed by atoms with E-state index in [1.165, 1.54) is 5.56 Å². The average Bonchev–Trinajstić information content (AvgIpc) is 2.46. The van der Waals surface area contributed by atoms with Crippen LogP contribution in [0.15, 0.2) is 24.3 Å². The summed E-state index contributed by atoms with van der Waals surface area (Å²) in [5, 5.41) is 5.27. The molecule has 0 aliphatic carbocycles. The highest BCUT2D eigenvalue weighted by Crippen LogP contribution is 2.23. The largest absolute Gasteiger partial charge is 0.348 e. The van der Waals surface area contributed by atoms with Crippen molar-refractivity contribution in [3.63, 3.8) is 0 Å². The zero-order chi connectivity index (χ0) is 16.6. The topological polar surface area (TPSA) is 58.2 Å². The van der Waals surface area contributed by atoms with Crippen molar-refractivity contribution in [2.24, 2.45) is 0 Å². The number of hydrogen-bond acceptors (Lipinski definition) is 2. The van der Waals surface area contributed by atoms with Gasteiger partial charge in [0.15, 0.2) is 0 Å². The van der Waals surface area contributed by atoms with Gasteiger partial charge in [-0.2, -0.15) is 0 Å². The maximum Gasteiger partial charge on any atom is 0.313 e. The van der Waals surface area contributed by atoms with Crippen LogP contribution in [-0.4, -0.2) is 18.4 Å². The summed E-state index contributed by atoms with van der Waals surface area (Å²) in [5.74, 6) is -1.18. The van der Waals surface area contributed by atoms with E-state index in [1.54, 1.807) is 0 Å². The van der Waals surface area contributed by atoms with Gasteiger partial charge in [0, 0.05) is 12.2 Å². The second-order valence-corrected chi connectivity index (χ2v) is 6.60. The van der Waals surface area contributed by atoms with Crippen LogP contribution in [0.5, 0.6) is 0 Å². The Labute approximate surface area is 133 Å². The lowest BCUT2D eigenvalue weighted by molar-refractivity contribution is -0.136. The van der Waals surface area contributed by atoms with E-state index in [-0.39, 0.29) is 5.41 Å². The minimum Gasteiger partial charge on any atom is -0.348 e. The van der Waals surface area contributed by atoms with Crippen LogP contribution in [0.2, 0.25) is 0 Å². The van der Waals surface area contributed by atoms with E-state index in [9.17, 15) is 9.59 Å². The highest BCUT2D eigenvalue weighted by molar-refractivity contribution is 6.39. The van der Waals surface area contributed by atoms with Gasteiger partial charge in [-0.05, 0) is 29.5 Å². The summed E-state index contributed by atoms with van der Waals surface area (Å²) in [6.45, 7) is 9.08. The molecule has 0 aliphatic heterocycles. The summed E-state index contributed by atoms with van der Waals surface area (Å²) < 4.78 is 0. The zero-order valence-electron chi connectivity index (χ0n) is 14.2. The van der Waals surface area contributed by atoms with E-state index in [0.29, 0.717) is 12.2 Å². The Hall–Kier alpha value is -1.84. The van der Waals surface area contributed by atoms with Gasteiger partial charge in [0.2, 0.25) is 0 Å². The van der Waals surface area contributed by atoms with Gasteiger partial charge in [0.1, 0.15) is 0 Å². The van der Waals surface area contributed by atoms with E-state index >= 15 is 0 Å². The molecule has 0 spiro atoms. The Morgan fingerprint density at radius 1 is 0.955 bits per heavy atom. The monoisotopic (exact) mass is 304 g/mol. The minimum atomic E-state index is -0.612. The molecule has 2 amide bonds. The summed E-state index contributed by atoms with van der Waals surface area (Å²) in [6.07, 6.45) is 4.29. The van der Waals surface area contributed by atoms with Crippen LogP contribution < -0.4 is 10.6 Å². The highest BCUT2D eigenvalue weighted by atomic mass is 16.2. The third kappa shape index (κ3) is 6.29. The van der Waals surface area contributed by atoms with E-state index in [1.807, 2.05) is 24.3 Å². The number of unbranched alkanes of at least 4 members (excludes halogenated alkanes) is 3. The molecule has 0 aromatic heterocycles. The first-order valence-corrected chi connectivity index (χ1v) is 8.04. The summed E-state index contributed by atoms with van der Waals surface area (Å²) in [7, 11) is 0. The van der Waals surface area contributed by atoms with Crippen molar-refractivity contribution in [3.8, 4) is 0 Å². The van der Waals surface area contributed by atoms with Crippen molar-refractivity contribution >= 4 is 17.5 Å². The fourth-order valence-corrected chi connectivity index (χ4v) is 2.08. The number of amides is 2. The molecule has 1 aromatic rings.